The monoisotopic (exact) mass is 259 g/mol. The molecule has 0 saturated heterocycles. The molecule has 1 aromatic rings. The minimum Gasteiger partial charge on any atom is -0.397 e. The van der Waals surface area contributed by atoms with Crippen molar-refractivity contribution in [1.82, 2.24) is 0 Å². The molecule has 2 unspecified atom stereocenters. The van der Waals surface area contributed by atoms with Crippen molar-refractivity contribution in [2.24, 2.45) is 5.92 Å². The van der Waals surface area contributed by atoms with Crippen LogP contribution in [-0.4, -0.2) is 11.9 Å². The molecule has 1 heterocycles. The highest BCUT2D eigenvalue weighted by Crippen LogP contribution is 2.34. The first-order valence-corrected chi connectivity index (χ1v) is 7.10. The van der Waals surface area contributed by atoms with E-state index >= 15 is 0 Å². The molecule has 0 radical (unpaired) electrons. The Bertz CT molecular complexity index is 512. The smallest absolute Gasteiger partial charge is 0.224 e. The van der Waals surface area contributed by atoms with Crippen LogP contribution in [0.1, 0.15) is 38.2 Å². The molecule has 1 saturated carbocycles. The van der Waals surface area contributed by atoms with Crippen LogP contribution in [-0.2, 0) is 11.2 Å². The van der Waals surface area contributed by atoms with E-state index in [9.17, 15) is 4.79 Å². The molecular formula is C15H21N3O. The maximum absolute atomic E-state index is 11.4. The van der Waals surface area contributed by atoms with Gasteiger partial charge in [0.15, 0.2) is 0 Å². The predicted molar refractivity (Wildman–Crippen MR) is 78.2 cm³/mol. The lowest BCUT2D eigenvalue weighted by molar-refractivity contribution is -0.116. The van der Waals surface area contributed by atoms with E-state index in [-0.39, 0.29) is 5.91 Å². The van der Waals surface area contributed by atoms with Crippen LogP contribution < -0.4 is 16.4 Å². The lowest BCUT2D eigenvalue weighted by Gasteiger charge is -2.22. The summed E-state index contributed by atoms with van der Waals surface area (Å²) in [5, 5.41) is 6.45. The zero-order valence-electron chi connectivity index (χ0n) is 11.3. The van der Waals surface area contributed by atoms with E-state index in [0.717, 1.165) is 35.0 Å². The summed E-state index contributed by atoms with van der Waals surface area (Å²) in [6.45, 7) is 2.29. The van der Waals surface area contributed by atoms with Crippen molar-refractivity contribution in [3.05, 3.63) is 17.7 Å². The van der Waals surface area contributed by atoms with Gasteiger partial charge in [-0.25, -0.2) is 0 Å². The number of hydrogen-bond donors (Lipinski definition) is 3. The first kappa shape index (κ1) is 12.3. The van der Waals surface area contributed by atoms with E-state index < -0.39 is 0 Å². The molecule has 0 spiro atoms. The molecule has 4 nitrogen and oxygen atoms in total. The number of nitrogen functional groups attached to an aromatic ring is 1. The van der Waals surface area contributed by atoms with Gasteiger partial charge >= 0.3 is 0 Å². The molecule has 2 atom stereocenters. The molecule has 1 aliphatic carbocycles. The van der Waals surface area contributed by atoms with Gasteiger partial charge in [0.2, 0.25) is 5.91 Å². The minimum absolute atomic E-state index is 0.0951. The number of nitrogens with one attached hydrogen (secondary N) is 2. The van der Waals surface area contributed by atoms with E-state index in [4.69, 9.17) is 5.73 Å². The summed E-state index contributed by atoms with van der Waals surface area (Å²) in [4.78, 5) is 11.4. The Morgan fingerprint density at radius 2 is 2.16 bits per heavy atom. The number of fused-ring (bicyclic) bond motifs is 1. The van der Waals surface area contributed by atoms with Gasteiger partial charge in [-0.2, -0.15) is 0 Å². The molecule has 1 fully saturated rings. The van der Waals surface area contributed by atoms with Crippen molar-refractivity contribution in [3.63, 3.8) is 0 Å². The lowest BCUT2D eigenvalue weighted by atomic mass is 10.0. The van der Waals surface area contributed by atoms with Crippen LogP contribution in [0.25, 0.3) is 0 Å². The van der Waals surface area contributed by atoms with Crippen molar-refractivity contribution in [3.8, 4) is 0 Å². The van der Waals surface area contributed by atoms with Crippen molar-refractivity contribution in [2.75, 3.05) is 16.4 Å². The molecule has 19 heavy (non-hydrogen) atoms. The first-order valence-electron chi connectivity index (χ1n) is 7.10. The lowest BCUT2D eigenvalue weighted by Crippen LogP contribution is -2.21. The Morgan fingerprint density at radius 3 is 2.89 bits per heavy atom. The number of hydrogen-bond acceptors (Lipinski definition) is 3. The number of amides is 1. The first-order chi connectivity index (χ1) is 9.11. The van der Waals surface area contributed by atoms with Gasteiger partial charge < -0.3 is 16.4 Å². The summed E-state index contributed by atoms with van der Waals surface area (Å²) in [6.07, 6.45) is 5.01. The van der Waals surface area contributed by atoms with Gasteiger partial charge in [-0.3, -0.25) is 4.79 Å². The second-order valence-electron chi connectivity index (χ2n) is 5.90. The number of anilines is 3. The predicted octanol–water partition coefficient (Wildman–Crippen LogP) is 2.75. The molecule has 1 aromatic carbocycles. The molecular weight excluding hydrogens is 238 g/mol. The van der Waals surface area contributed by atoms with Crippen LogP contribution in [0.3, 0.4) is 0 Å². The van der Waals surface area contributed by atoms with Gasteiger partial charge in [0.25, 0.3) is 0 Å². The summed E-state index contributed by atoms with van der Waals surface area (Å²) in [5.41, 5.74) is 9.92. The Hall–Kier alpha value is -1.71. The standard InChI is InChI=1S/C15H21N3O/c1-9-2-4-11(6-9)17-14-8-13-10(7-12(14)16)3-5-15(19)18-13/h7-9,11,17H,2-6,16H2,1H3,(H,18,19). The van der Waals surface area contributed by atoms with E-state index in [1.807, 2.05) is 12.1 Å². The van der Waals surface area contributed by atoms with Crippen LogP contribution in [0.2, 0.25) is 0 Å². The van der Waals surface area contributed by atoms with Crippen LogP contribution >= 0.6 is 0 Å². The van der Waals surface area contributed by atoms with Crippen LogP contribution in [0.5, 0.6) is 0 Å². The molecule has 1 aliphatic heterocycles. The fraction of sp³-hybridized carbons (Fsp3) is 0.533. The van der Waals surface area contributed by atoms with Gasteiger partial charge in [0.05, 0.1) is 11.4 Å². The number of nitrogens with two attached hydrogens (primary N) is 1. The highest BCUT2D eigenvalue weighted by Gasteiger charge is 2.23. The Kier molecular flexibility index (Phi) is 3.09. The van der Waals surface area contributed by atoms with E-state index in [1.165, 1.54) is 19.3 Å². The molecule has 0 aromatic heterocycles. The maximum Gasteiger partial charge on any atom is 0.224 e. The second-order valence-corrected chi connectivity index (χ2v) is 5.90. The largest absolute Gasteiger partial charge is 0.397 e. The minimum atomic E-state index is 0.0951. The quantitative estimate of drug-likeness (QED) is 0.715. The zero-order chi connectivity index (χ0) is 13.4. The summed E-state index contributed by atoms with van der Waals surface area (Å²) >= 11 is 0. The van der Waals surface area contributed by atoms with Crippen molar-refractivity contribution in [2.45, 2.75) is 45.1 Å². The Labute approximate surface area is 113 Å². The number of carbonyl (C=O) groups is 1. The van der Waals surface area contributed by atoms with Gasteiger partial charge in [-0.1, -0.05) is 6.92 Å². The van der Waals surface area contributed by atoms with Crippen molar-refractivity contribution < 1.29 is 4.79 Å². The van der Waals surface area contributed by atoms with Crippen molar-refractivity contribution in [1.29, 1.82) is 0 Å². The number of benzene rings is 1. The normalized spacial score (nSPS) is 25.8. The number of carbonyl (C=O) groups excluding carboxylic acids is 1. The third-order valence-electron chi connectivity index (χ3n) is 4.23. The molecule has 1 amide bonds. The fourth-order valence-corrected chi connectivity index (χ4v) is 3.13. The molecule has 102 valence electrons. The van der Waals surface area contributed by atoms with Crippen LogP contribution in [0.4, 0.5) is 17.1 Å². The second kappa shape index (κ2) is 4.76. The average Bonchev–Trinajstić information content (AvgIpc) is 2.76. The molecule has 2 aliphatic rings. The van der Waals surface area contributed by atoms with Gasteiger partial charge in [-0.05, 0) is 49.3 Å². The molecule has 4 N–H and O–H groups in total. The molecule has 3 rings (SSSR count). The van der Waals surface area contributed by atoms with Gasteiger partial charge in [-0.15, -0.1) is 0 Å². The topological polar surface area (TPSA) is 67.1 Å². The SMILES string of the molecule is CC1CCC(Nc2cc3c(cc2N)CCC(=O)N3)C1. The summed E-state index contributed by atoms with van der Waals surface area (Å²) in [5.74, 6) is 0.883. The Balaban J connectivity index is 1.81. The average molecular weight is 259 g/mol. The van der Waals surface area contributed by atoms with Crippen LogP contribution in [0, 0.1) is 5.92 Å². The maximum atomic E-state index is 11.4. The van der Waals surface area contributed by atoms with Crippen LogP contribution in [0.15, 0.2) is 12.1 Å². The number of rotatable bonds is 2. The summed E-state index contributed by atoms with van der Waals surface area (Å²) in [6, 6.07) is 4.50. The highest BCUT2D eigenvalue weighted by molar-refractivity contribution is 5.95. The van der Waals surface area contributed by atoms with E-state index in [2.05, 4.69) is 17.6 Å². The highest BCUT2D eigenvalue weighted by atomic mass is 16.1. The van der Waals surface area contributed by atoms with E-state index in [0.29, 0.717) is 12.5 Å². The van der Waals surface area contributed by atoms with Gasteiger partial charge in [0, 0.05) is 18.2 Å². The third-order valence-corrected chi connectivity index (χ3v) is 4.23. The third kappa shape index (κ3) is 2.53. The Morgan fingerprint density at radius 1 is 1.32 bits per heavy atom. The summed E-state index contributed by atoms with van der Waals surface area (Å²) in [7, 11) is 0. The van der Waals surface area contributed by atoms with Crippen molar-refractivity contribution >= 4 is 23.0 Å². The molecule has 0 bridgehead atoms. The fourth-order valence-electron chi connectivity index (χ4n) is 3.13. The zero-order valence-corrected chi connectivity index (χ0v) is 11.3. The van der Waals surface area contributed by atoms with Gasteiger partial charge in [0.1, 0.15) is 0 Å². The number of aryl methyl sites for hydroxylation is 1. The molecule has 4 heteroatoms. The summed E-state index contributed by atoms with van der Waals surface area (Å²) < 4.78 is 0. The van der Waals surface area contributed by atoms with E-state index in [1.54, 1.807) is 0 Å².